The highest BCUT2D eigenvalue weighted by Crippen LogP contribution is 2.15. The Morgan fingerprint density at radius 3 is 2.64 bits per heavy atom. The van der Waals surface area contributed by atoms with E-state index in [1.807, 2.05) is 26.0 Å². The van der Waals surface area contributed by atoms with Gasteiger partial charge in [0.05, 0.1) is 12.5 Å². The van der Waals surface area contributed by atoms with Crippen LogP contribution in [-0.2, 0) is 9.53 Å². The van der Waals surface area contributed by atoms with Crippen LogP contribution >= 0.6 is 0 Å². The topological polar surface area (TPSA) is 26.3 Å². The summed E-state index contributed by atoms with van der Waals surface area (Å²) in [6, 6.07) is 0. The third-order valence-corrected chi connectivity index (χ3v) is 2.18. The lowest BCUT2D eigenvalue weighted by Gasteiger charge is -2.12. The van der Waals surface area contributed by atoms with Crippen molar-refractivity contribution in [2.75, 3.05) is 6.61 Å². The number of ether oxygens (including phenoxy) is 1. The van der Waals surface area contributed by atoms with Crippen molar-refractivity contribution in [2.45, 2.75) is 46.5 Å². The van der Waals surface area contributed by atoms with Crippen molar-refractivity contribution in [3.8, 4) is 0 Å². The SMILES string of the molecule is C/C=C/CC(CCCC)C(=O)OCC. The molecule has 0 rings (SSSR count). The van der Waals surface area contributed by atoms with Gasteiger partial charge in [-0.15, -0.1) is 0 Å². The number of rotatable bonds is 7. The number of carbonyl (C=O) groups is 1. The third kappa shape index (κ3) is 5.79. The smallest absolute Gasteiger partial charge is 0.309 e. The van der Waals surface area contributed by atoms with Crippen LogP contribution in [0.4, 0.5) is 0 Å². The molecule has 0 aliphatic rings. The summed E-state index contributed by atoms with van der Waals surface area (Å²) >= 11 is 0. The lowest BCUT2D eigenvalue weighted by Crippen LogP contribution is -2.17. The minimum atomic E-state index is -0.0425. The average molecular weight is 198 g/mol. The van der Waals surface area contributed by atoms with Gasteiger partial charge in [-0.05, 0) is 26.7 Å². The van der Waals surface area contributed by atoms with Gasteiger partial charge in [0.2, 0.25) is 0 Å². The first-order valence-electron chi connectivity index (χ1n) is 5.54. The highest BCUT2D eigenvalue weighted by molar-refractivity contribution is 5.72. The van der Waals surface area contributed by atoms with E-state index in [2.05, 4.69) is 6.92 Å². The van der Waals surface area contributed by atoms with Crippen LogP contribution in [0.25, 0.3) is 0 Å². The van der Waals surface area contributed by atoms with E-state index in [0.29, 0.717) is 6.61 Å². The average Bonchev–Trinajstić information content (AvgIpc) is 2.18. The summed E-state index contributed by atoms with van der Waals surface area (Å²) in [5.74, 6) is 0.0187. The lowest BCUT2D eigenvalue weighted by molar-refractivity contribution is -0.148. The monoisotopic (exact) mass is 198 g/mol. The molecule has 0 aliphatic heterocycles. The number of hydrogen-bond acceptors (Lipinski definition) is 2. The van der Waals surface area contributed by atoms with Crippen molar-refractivity contribution in [3.63, 3.8) is 0 Å². The molecule has 0 heterocycles. The van der Waals surface area contributed by atoms with Crippen LogP contribution < -0.4 is 0 Å². The number of unbranched alkanes of at least 4 members (excludes halogenated alkanes) is 1. The quantitative estimate of drug-likeness (QED) is 0.463. The lowest BCUT2D eigenvalue weighted by atomic mass is 9.98. The molecule has 0 N–H and O–H groups in total. The van der Waals surface area contributed by atoms with Crippen LogP contribution in [0.3, 0.4) is 0 Å². The van der Waals surface area contributed by atoms with E-state index in [1.54, 1.807) is 0 Å². The largest absolute Gasteiger partial charge is 0.466 e. The number of carbonyl (C=O) groups excluding carboxylic acids is 1. The van der Waals surface area contributed by atoms with Crippen molar-refractivity contribution < 1.29 is 9.53 Å². The predicted molar refractivity (Wildman–Crippen MR) is 59.1 cm³/mol. The van der Waals surface area contributed by atoms with E-state index in [1.165, 1.54) is 0 Å². The zero-order valence-electron chi connectivity index (χ0n) is 9.58. The Bertz CT molecular complexity index is 173. The standard InChI is InChI=1S/C12H22O2/c1-4-7-9-11(10-8-5-2)12(13)14-6-3/h4,7,11H,5-6,8-10H2,1-3H3/b7-4+. The molecule has 2 nitrogen and oxygen atoms in total. The Morgan fingerprint density at radius 2 is 2.14 bits per heavy atom. The van der Waals surface area contributed by atoms with Crippen LogP contribution in [0.15, 0.2) is 12.2 Å². The Morgan fingerprint density at radius 1 is 1.43 bits per heavy atom. The molecule has 2 heteroatoms. The van der Waals surface area contributed by atoms with E-state index < -0.39 is 0 Å². The van der Waals surface area contributed by atoms with E-state index in [4.69, 9.17) is 4.74 Å². The minimum absolute atomic E-state index is 0.0425. The molecule has 0 aliphatic carbocycles. The first-order chi connectivity index (χ1) is 6.76. The summed E-state index contributed by atoms with van der Waals surface area (Å²) in [6.07, 6.45) is 8.01. The molecule has 0 spiro atoms. The Balaban J connectivity index is 4.00. The van der Waals surface area contributed by atoms with Crippen LogP contribution in [0.5, 0.6) is 0 Å². The summed E-state index contributed by atoms with van der Waals surface area (Å²) in [6.45, 7) is 6.45. The maximum Gasteiger partial charge on any atom is 0.309 e. The maximum absolute atomic E-state index is 11.5. The molecule has 0 aromatic heterocycles. The van der Waals surface area contributed by atoms with Crippen molar-refractivity contribution in [2.24, 2.45) is 5.92 Å². The molecule has 0 fully saturated rings. The molecule has 0 aromatic carbocycles. The van der Waals surface area contributed by atoms with Crippen molar-refractivity contribution in [3.05, 3.63) is 12.2 Å². The summed E-state index contributed by atoms with van der Waals surface area (Å²) in [5.41, 5.74) is 0. The first-order valence-corrected chi connectivity index (χ1v) is 5.54. The minimum Gasteiger partial charge on any atom is -0.466 e. The van der Waals surface area contributed by atoms with Crippen molar-refractivity contribution in [1.29, 1.82) is 0 Å². The predicted octanol–water partition coefficient (Wildman–Crippen LogP) is 3.32. The first kappa shape index (κ1) is 13.2. The number of hydrogen-bond donors (Lipinski definition) is 0. The van der Waals surface area contributed by atoms with Crippen LogP contribution in [-0.4, -0.2) is 12.6 Å². The Hall–Kier alpha value is -0.790. The maximum atomic E-state index is 11.5. The van der Waals surface area contributed by atoms with Crippen LogP contribution in [0.2, 0.25) is 0 Å². The highest BCUT2D eigenvalue weighted by Gasteiger charge is 2.17. The van der Waals surface area contributed by atoms with Gasteiger partial charge in [-0.2, -0.15) is 0 Å². The number of esters is 1. The Kier molecular flexibility index (Phi) is 8.30. The van der Waals surface area contributed by atoms with Gasteiger partial charge in [0.25, 0.3) is 0 Å². The van der Waals surface area contributed by atoms with Gasteiger partial charge in [-0.1, -0.05) is 31.9 Å². The Labute approximate surface area is 87.3 Å². The van der Waals surface area contributed by atoms with Gasteiger partial charge < -0.3 is 4.74 Å². The summed E-state index contributed by atoms with van der Waals surface area (Å²) in [5, 5.41) is 0. The molecule has 0 radical (unpaired) electrons. The molecular weight excluding hydrogens is 176 g/mol. The van der Waals surface area contributed by atoms with E-state index in [9.17, 15) is 4.79 Å². The van der Waals surface area contributed by atoms with Gasteiger partial charge in [0.1, 0.15) is 0 Å². The molecular formula is C12H22O2. The second-order valence-corrected chi connectivity index (χ2v) is 3.40. The fraction of sp³-hybridized carbons (Fsp3) is 0.750. The second-order valence-electron chi connectivity index (χ2n) is 3.40. The molecule has 14 heavy (non-hydrogen) atoms. The van der Waals surface area contributed by atoms with Gasteiger partial charge >= 0.3 is 5.97 Å². The number of allylic oxidation sites excluding steroid dienone is 2. The fourth-order valence-electron chi connectivity index (χ4n) is 1.34. The van der Waals surface area contributed by atoms with E-state index in [-0.39, 0.29) is 11.9 Å². The molecule has 0 saturated heterocycles. The summed E-state index contributed by atoms with van der Waals surface area (Å²) in [7, 11) is 0. The normalized spacial score (nSPS) is 13.1. The van der Waals surface area contributed by atoms with Gasteiger partial charge in [-0.3, -0.25) is 4.79 Å². The zero-order valence-corrected chi connectivity index (χ0v) is 9.58. The van der Waals surface area contributed by atoms with E-state index >= 15 is 0 Å². The highest BCUT2D eigenvalue weighted by atomic mass is 16.5. The molecule has 0 saturated carbocycles. The fourth-order valence-corrected chi connectivity index (χ4v) is 1.34. The zero-order chi connectivity index (χ0) is 10.8. The summed E-state index contributed by atoms with van der Waals surface area (Å²) in [4.78, 5) is 11.5. The molecule has 1 atom stereocenters. The molecule has 82 valence electrons. The third-order valence-electron chi connectivity index (χ3n) is 2.18. The second kappa shape index (κ2) is 8.79. The van der Waals surface area contributed by atoms with Gasteiger partial charge in [0.15, 0.2) is 0 Å². The van der Waals surface area contributed by atoms with Gasteiger partial charge in [-0.25, -0.2) is 0 Å². The van der Waals surface area contributed by atoms with Gasteiger partial charge in [0, 0.05) is 0 Å². The summed E-state index contributed by atoms with van der Waals surface area (Å²) < 4.78 is 5.03. The van der Waals surface area contributed by atoms with E-state index in [0.717, 1.165) is 25.7 Å². The van der Waals surface area contributed by atoms with Crippen LogP contribution in [0, 0.1) is 5.92 Å². The molecule has 0 bridgehead atoms. The van der Waals surface area contributed by atoms with Crippen LogP contribution in [0.1, 0.15) is 46.5 Å². The van der Waals surface area contributed by atoms with Crippen molar-refractivity contribution in [1.82, 2.24) is 0 Å². The van der Waals surface area contributed by atoms with Crippen molar-refractivity contribution >= 4 is 5.97 Å². The molecule has 0 aromatic rings. The molecule has 1 unspecified atom stereocenters. The molecule has 0 amide bonds.